The summed E-state index contributed by atoms with van der Waals surface area (Å²) in [4.78, 5) is 14.0. The summed E-state index contributed by atoms with van der Waals surface area (Å²) >= 11 is 0. The SMILES string of the molecule is CCOC(=O)[C@@H]1CCCN(CCC(C)(C)C#N)C1. The van der Waals surface area contributed by atoms with Crippen molar-refractivity contribution in [2.24, 2.45) is 11.3 Å². The van der Waals surface area contributed by atoms with Crippen LogP contribution in [-0.4, -0.2) is 37.1 Å². The van der Waals surface area contributed by atoms with E-state index in [0.717, 1.165) is 38.9 Å². The summed E-state index contributed by atoms with van der Waals surface area (Å²) in [5.41, 5.74) is -0.281. The van der Waals surface area contributed by atoms with Gasteiger partial charge in [-0.15, -0.1) is 0 Å². The standard InChI is InChI=1S/C14H24N2O2/c1-4-18-13(17)12-6-5-8-16(10-12)9-7-14(2,3)11-15/h12H,4-10H2,1-3H3/t12-/m1/s1. The summed E-state index contributed by atoms with van der Waals surface area (Å²) in [6.07, 6.45) is 2.81. The topological polar surface area (TPSA) is 53.3 Å². The summed E-state index contributed by atoms with van der Waals surface area (Å²) in [6, 6.07) is 2.32. The van der Waals surface area contributed by atoms with Crippen molar-refractivity contribution >= 4 is 5.97 Å². The van der Waals surface area contributed by atoms with Crippen LogP contribution in [0.2, 0.25) is 0 Å². The molecular weight excluding hydrogens is 228 g/mol. The molecule has 1 saturated heterocycles. The molecule has 18 heavy (non-hydrogen) atoms. The molecule has 1 aliphatic heterocycles. The molecule has 0 N–H and O–H groups in total. The van der Waals surface area contributed by atoms with Crippen molar-refractivity contribution in [3.05, 3.63) is 0 Å². The van der Waals surface area contributed by atoms with Crippen LogP contribution in [-0.2, 0) is 9.53 Å². The first-order chi connectivity index (χ1) is 8.48. The molecule has 0 aromatic carbocycles. The second-order valence-corrected chi connectivity index (χ2v) is 5.64. The van der Waals surface area contributed by atoms with Gasteiger partial charge in [0.2, 0.25) is 0 Å². The monoisotopic (exact) mass is 252 g/mol. The molecule has 1 fully saturated rings. The summed E-state index contributed by atoms with van der Waals surface area (Å²) in [7, 11) is 0. The van der Waals surface area contributed by atoms with Crippen LogP contribution < -0.4 is 0 Å². The molecular formula is C14H24N2O2. The smallest absolute Gasteiger partial charge is 0.310 e. The molecule has 0 amide bonds. The number of hydrogen-bond donors (Lipinski definition) is 0. The molecule has 0 radical (unpaired) electrons. The van der Waals surface area contributed by atoms with E-state index in [1.807, 2.05) is 20.8 Å². The van der Waals surface area contributed by atoms with Gasteiger partial charge in [-0.05, 0) is 53.1 Å². The van der Waals surface area contributed by atoms with E-state index in [-0.39, 0.29) is 17.3 Å². The maximum Gasteiger partial charge on any atom is 0.310 e. The largest absolute Gasteiger partial charge is 0.466 e. The van der Waals surface area contributed by atoms with Crippen LogP contribution in [0.1, 0.15) is 40.0 Å². The van der Waals surface area contributed by atoms with E-state index in [1.54, 1.807) is 0 Å². The Labute approximate surface area is 110 Å². The molecule has 1 rings (SSSR count). The lowest BCUT2D eigenvalue weighted by Crippen LogP contribution is -2.40. The van der Waals surface area contributed by atoms with Crippen LogP contribution in [0.4, 0.5) is 0 Å². The van der Waals surface area contributed by atoms with Crippen molar-refractivity contribution in [1.29, 1.82) is 5.26 Å². The van der Waals surface area contributed by atoms with Gasteiger partial charge in [-0.2, -0.15) is 5.26 Å². The summed E-state index contributed by atoms with van der Waals surface area (Å²) in [5, 5.41) is 8.99. The fraction of sp³-hybridized carbons (Fsp3) is 0.857. The Morgan fingerprint density at radius 3 is 2.89 bits per heavy atom. The number of nitrogens with zero attached hydrogens (tertiary/aromatic N) is 2. The van der Waals surface area contributed by atoms with E-state index < -0.39 is 0 Å². The number of esters is 1. The number of hydrogen-bond acceptors (Lipinski definition) is 4. The van der Waals surface area contributed by atoms with Gasteiger partial charge in [0.05, 0.1) is 24.0 Å². The number of carbonyl (C=O) groups is 1. The van der Waals surface area contributed by atoms with Gasteiger partial charge in [0.1, 0.15) is 0 Å². The number of rotatable bonds is 5. The zero-order chi connectivity index (χ0) is 13.6. The average molecular weight is 252 g/mol. The molecule has 1 aliphatic rings. The normalized spacial score (nSPS) is 21.3. The molecule has 0 aliphatic carbocycles. The number of nitriles is 1. The molecule has 0 bridgehead atoms. The third kappa shape index (κ3) is 4.66. The lowest BCUT2D eigenvalue weighted by Gasteiger charge is -2.32. The minimum Gasteiger partial charge on any atom is -0.466 e. The lowest BCUT2D eigenvalue weighted by molar-refractivity contribution is -0.149. The molecule has 4 nitrogen and oxygen atoms in total. The highest BCUT2D eigenvalue weighted by Crippen LogP contribution is 2.22. The molecule has 0 unspecified atom stereocenters. The molecule has 0 aromatic heterocycles. The number of piperidine rings is 1. The van der Waals surface area contributed by atoms with Crippen LogP contribution in [0.5, 0.6) is 0 Å². The average Bonchev–Trinajstić information content (AvgIpc) is 2.37. The van der Waals surface area contributed by atoms with Gasteiger partial charge >= 0.3 is 5.97 Å². The fourth-order valence-electron chi connectivity index (χ4n) is 2.20. The van der Waals surface area contributed by atoms with E-state index in [2.05, 4.69) is 11.0 Å². The Morgan fingerprint density at radius 2 is 2.28 bits per heavy atom. The maximum atomic E-state index is 11.7. The molecule has 0 aromatic rings. The summed E-state index contributed by atoms with van der Waals surface area (Å²) < 4.78 is 5.08. The molecule has 4 heteroatoms. The van der Waals surface area contributed by atoms with Gasteiger partial charge in [0, 0.05) is 6.54 Å². The highest BCUT2D eigenvalue weighted by Gasteiger charge is 2.27. The van der Waals surface area contributed by atoms with E-state index >= 15 is 0 Å². The quantitative estimate of drug-likeness (QED) is 0.704. The number of likely N-dealkylation sites (tertiary alicyclic amines) is 1. The number of ether oxygens (including phenoxy) is 1. The third-order valence-corrected chi connectivity index (χ3v) is 3.48. The molecule has 0 spiro atoms. The van der Waals surface area contributed by atoms with Crippen molar-refractivity contribution in [3.8, 4) is 6.07 Å². The van der Waals surface area contributed by atoms with Crippen LogP contribution in [0.15, 0.2) is 0 Å². The third-order valence-electron chi connectivity index (χ3n) is 3.48. The van der Waals surface area contributed by atoms with Crippen molar-refractivity contribution in [2.75, 3.05) is 26.2 Å². The Kier molecular flexibility index (Phi) is 5.61. The van der Waals surface area contributed by atoms with Crippen LogP contribution in [0, 0.1) is 22.7 Å². The molecule has 1 atom stereocenters. The Balaban J connectivity index is 2.40. The minimum absolute atomic E-state index is 0.0175. The van der Waals surface area contributed by atoms with Crippen LogP contribution in [0.3, 0.4) is 0 Å². The van der Waals surface area contributed by atoms with E-state index in [4.69, 9.17) is 10.00 Å². The van der Waals surface area contributed by atoms with E-state index in [0.29, 0.717) is 6.61 Å². The van der Waals surface area contributed by atoms with Gasteiger partial charge in [-0.1, -0.05) is 0 Å². The summed E-state index contributed by atoms with van der Waals surface area (Å²) in [5.74, 6) is -0.0503. The predicted molar refractivity (Wildman–Crippen MR) is 69.8 cm³/mol. The van der Waals surface area contributed by atoms with E-state index in [9.17, 15) is 4.79 Å². The van der Waals surface area contributed by atoms with Gasteiger partial charge in [-0.3, -0.25) is 4.79 Å². The Morgan fingerprint density at radius 1 is 1.56 bits per heavy atom. The van der Waals surface area contributed by atoms with Crippen molar-refractivity contribution in [1.82, 2.24) is 4.90 Å². The first-order valence-electron chi connectivity index (χ1n) is 6.79. The van der Waals surface area contributed by atoms with Crippen molar-refractivity contribution in [3.63, 3.8) is 0 Å². The van der Waals surface area contributed by atoms with Gasteiger partial charge in [-0.25, -0.2) is 0 Å². The first kappa shape index (κ1) is 15.0. The van der Waals surface area contributed by atoms with Crippen molar-refractivity contribution in [2.45, 2.75) is 40.0 Å². The fourth-order valence-corrected chi connectivity index (χ4v) is 2.20. The van der Waals surface area contributed by atoms with E-state index in [1.165, 1.54) is 0 Å². The van der Waals surface area contributed by atoms with Gasteiger partial charge in [0.15, 0.2) is 0 Å². The van der Waals surface area contributed by atoms with Crippen molar-refractivity contribution < 1.29 is 9.53 Å². The second-order valence-electron chi connectivity index (χ2n) is 5.64. The molecule has 1 heterocycles. The predicted octanol–water partition coefficient (Wildman–Crippen LogP) is 2.20. The summed E-state index contributed by atoms with van der Waals surface area (Å²) in [6.45, 7) is 8.90. The minimum atomic E-state index is -0.281. The zero-order valence-electron chi connectivity index (χ0n) is 11.7. The van der Waals surface area contributed by atoms with Gasteiger partial charge in [0.25, 0.3) is 0 Å². The Bertz CT molecular complexity index is 320. The second kappa shape index (κ2) is 6.75. The first-order valence-corrected chi connectivity index (χ1v) is 6.79. The Hall–Kier alpha value is -1.08. The zero-order valence-corrected chi connectivity index (χ0v) is 11.7. The molecule has 0 saturated carbocycles. The highest BCUT2D eigenvalue weighted by atomic mass is 16.5. The highest BCUT2D eigenvalue weighted by molar-refractivity contribution is 5.72. The lowest BCUT2D eigenvalue weighted by atomic mass is 9.90. The molecule has 102 valence electrons. The maximum absolute atomic E-state index is 11.7. The van der Waals surface area contributed by atoms with Crippen LogP contribution in [0.25, 0.3) is 0 Å². The number of carbonyl (C=O) groups excluding carboxylic acids is 1. The van der Waals surface area contributed by atoms with Crippen LogP contribution >= 0.6 is 0 Å². The van der Waals surface area contributed by atoms with Gasteiger partial charge < -0.3 is 9.64 Å².